The molecule has 0 amide bonds. The van der Waals surface area contributed by atoms with Gasteiger partial charge in [-0.25, -0.2) is 0 Å². The normalized spacial score (nSPS) is 31.8. The van der Waals surface area contributed by atoms with Gasteiger partial charge in [0.2, 0.25) is 0 Å². The van der Waals surface area contributed by atoms with Crippen molar-refractivity contribution in [2.75, 3.05) is 19.7 Å². The van der Waals surface area contributed by atoms with Gasteiger partial charge in [-0.05, 0) is 31.7 Å². The fraction of sp³-hybridized carbons (Fsp3) is 1.00. The first-order valence-corrected chi connectivity index (χ1v) is 7.20. The van der Waals surface area contributed by atoms with Gasteiger partial charge in [-0.3, -0.25) is 4.90 Å². The second-order valence-electron chi connectivity index (χ2n) is 6.05. The van der Waals surface area contributed by atoms with Crippen molar-refractivity contribution in [1.82, 2.24) is 4.90 Å². The van der Waals surface area contributed by atoms with Gasteiger partial charge < -0.3 is 9.84 Å². The first-order valence-electron chi connectivity index (χ1n) is 7.20. The second-order valence-corrected chi connectivity index (χ2v) is 6.05. The van der Waals surface area contributed by atoms with E-state index in [0.717, 1.165) is 31.9 Å². The predicted octanol–water partition coefficient (Wildman–Crippen LogP) is 2.04. The van der Waals surface area contributed by atoms with Gasteiger partial charge in [0, 0.05) is 12.6 Å². The summed E-state index contributed by atoms with van der Waals surface area (Å²) in [5.74, 6) is 0.734. The average molecular weight is 241 g/mol. The largest absolute Gasteiger partial charge is 0.390 e. The van der Waals surface area contributed by atoms with Crippen LogP contribution in [0.5, 0.6) is 0 Å². The first-order chi connectivity index (χ1) is 8.16. The molecule has 0 spiro atoms. The maximum atomic E-state index is 10.2. The molecule has 0 saturated carbocycles. The minimum absolute atomic E-state index is 0.0523. The molecule has 0 aromatic rings. The Morgan fingerprint density at radius 1 is 1.35 bits per heavy atom. The van der Waals surface area contributed by atoms with Gasteiger partial charge in [0.1, 0.15) is 0 Å². The zero-order valence-corrected chi connectivity index (χ0v) is 11.3. The van der Waals surface area contributed by atoms with E-state index in [9.17, 15) is 5.11 Å². The lowest BCUT2D eigenvalue weighted by molar-refractivity contribution is -0.104. The summed E-state index contributed by atoms with van der Waals surface area (Å²) in [6.45, 7) is 7.43. The summed E-state index contributed by atoms with van der Waals surface area (Å²) in [5, 5.41) is 10.2. The molecule has 3 nitrogen and oxygen atoms in total. The standard InChI is InChI=1S/C14H27NO2/c1-11(2)5-3-7-13(16)14-9-15-8-4-6-12(15)10-17-14/h11-14,16H,3-10H2,1-2H3. The lowest BCUT2D eigenvalue weighted by Crippen LogP contribution is -2.50. The lowest BCUT2D eigenvalue weighted by Gasteiger charge is -2.37. The highest BCUT2D eigenvalue weighted by atomic mass is 16.5. The number of aliphatic hydroxyl groups excluding tert-OH is 1. The Kier molecular flexibility index (Phi) is 4.83. The van der Waals surface area contributed by atoms with Crippen LogP contribution in [-0.4, -0.2) is 48.0 Å². The van der Waals surface area contributed by atoms with Gasteiger partial charge in [0.05, 0.1) is 18.8 Å². The lowest BCUT2D eigenvalue weighted by atomic mass is 10.0. The second kappa shape index (κ2) is 6.17. The van der Waals surface area contributed by atoms with E-state index in [0.29, 0.717) is 6.04 Å². The first kappa shape index (κ1) is 13.3. The van der Waals surface area contributed by atoms with Gasteiger partial charge in [0.15, 0.2) is 0 Å². The summed E-state index contributed by atoms with van der Waals surface area (Å²) in [5.41, 5.74) is 0. The number of aliphatic hydroxyl groups is 1. The summed E-state index contributed by atoms with van der Waals surface area (Å²) in [7, 11) is 0. The van der Waals surface area contributed by atoms with Crippen LogP contribution in [0.2, 0.25) is 0 Å². The predicted molar refractivity (Wildman–Crippen MR) is 69.0 cm³/mol. The molecule has 3 unspecified atom stereocenters. The zero-order chi connectivity index (χ0) is 12.3. The highest BCUT2D eigenvalue weighted by Crippen LogP contribution is 2.25. The molecule has 0 aromatic carbocycles. The number of rotatable bonds is 5. The molecule has 0 aromatic heterocycles. The molecule has 2 fully saturated rings. The van der Waals surface area contributed by atoms with Crippen molar-refractivity contribution in [2.24, 2.45) is 5.92 Å². The van der Waals surface area contributed by atoms with Gasteiger partial charge in [-0.15, -0.1) is 0 Å². The van der Waals surface area contributed by atoms with E-state index < -0.39 is 0 Å². The van der Waals surface area contributed by atoms with Gasteiger partial charge in [-0.2, -0.15) is 0 Å². The Hall–Kier alpha value is -0.120. The number of hydrogen-bond donors (Lipinski definition) is 1. The molecule has 100 valence electrons. The molecular formula is C14H27NO2. The summed E-state index contributed by atoms with van der Waals surface area (Å²) in [6.07, 6.45) is 5.56. The van der Waals surface area contributed by atoms with Crippen LogP contribution in [0.1, 0.15) is 46.0 Å². The number of ether oxygens (including phenoxy) is 1. The van der Waals surface area contributed by atoms with Crippen LogP contribution >= 0.6 is 0 Å². The quantitative estimate of drug-likeness (QED) is 0.799. The molecule has 3 heteroatoms. The number of nitrogens with zero attached hydrogens (tertiary/aromatic N) is 1. The Morgan fingerprint density at radius 3 is 2.94 bits per heavy atom. The topological polar surface area (TPSA) is 32.7 Å². The highest BCUT2D eigenvalue weighted by Gasteiger charge is 2.34. The minimum atomic E-state index is -0.268. The van der Waals surface area contributed by atoms with Crippen LogP contribution in [0.25, 0.3) is 0 Å². The Labute approximate surface area is 105 Å². The van der Waals surface area contributed by atoms with Crippen LogP contribution < -0.4 is 0 Å². The van der Waals surface area contributed by atoms with Crippen molar-refractivity contribution in [2.45, 2.75) is 64.2 Å². The van der Waals surface area contributed by atoms with Gasteiger partial charge in [0.25, 0.3) is 0 Å². The molecule has 3 atom stereocenters. The zero-order valence-electron chi connectivity index (χ0n) is 11.3. The molecule has 2 saturated heterocycles. The van der Waals surface area contributed by atoms with Crippen molar-refractivity contribution >= 4 is 0 Å². The molecule has 0 radical (unpaired) electrons. The molecule has 2 rings (SSSR count). The molecular weight excluding hydrogens is 214 g/mol. The van der Waals surface area contributed by atoms with E-state index in [1.807, 2.05) is 0 Å². The number of morpholine rings is 1. The summed E-state index contributed by atoms with van der Waals surface area (Å²) in [6, 6.07) is 0.633. The van der Waals surface area contributed by atoms with E-state index in [-0.39, 0.29) is 12.2 Å². The SMILES string of the molecule is CC(C)CCCC(O)C1CN2CCCC2CO1. The van der Waals surface area contributed by atoms with E-state index >= 15 is 0 Å². The van der Waals surface area contributed by atoms with E-state index in [2.05, 4.69) is 18.7 Å². The fourth-order valence-corrected chi connectivity index (χ4v) is 3.00. The Morgan fingerprint density at radius 2 is 2.18 bits per heavy atom. The van der Waals surface area contributed by atoms with Crippen molar-refractivity contribution in [1.29, 1.82) is 0 Å². The Bertz CT molecular complexity index is 232. The Balaban J connectivity index is 1.70. The summed E-state index contributed by atoms with van der Waals surface area (Å²) < 4.78 is 5.82. The monoisotopic (exact) mass is 241 g/mol. The molecule has 0 bridgehead atoms. The third kappa shape index (κ3) is 3.67. The van der Waals surface area contributed by atoms with E-state index in [1.54, 1.807) is 0 Å². The van der Waals surface area contributed by atoms with Crippen molar-refractivity contribution in [3.63, 3.8) is 0 Å². The van der Waals surface area contributed by atoms with Gasteiger partial charge >= 0.3 is 0 Å². The fourth-order valence-electron chi connectivity index (χ4n) is 3.00. The van der Waals surface area contributed by atoms with E-state index in [4.69, 9.17) is 4.74 Å². The number of fused-ring (bicyclic) bond motifs is 1. The van der Waals surface area contributed by atoms with Crippen molar-refractivity contribution < 1.29 is 9.84 Å². The van der Waals surface area contributed by atoms with Crippen molar-refractivity contribution in [3.05, 3.63) is 0 Å². The highest BCUT2D eigenvalue weighted by molar-refractivity contribution is 4.87. The molecule has 2 aliphatic heterocycles. The molecule has 0 aliphatic carbocycles. The van der Waals surface area contributed by atoms with Crippen LogP contribution in [0.4, 0.5) is 0 Å². The van der Waals surface area contributed by atoms with Crippen molar-refractivity contribution in [3.8, 4) is 0 Å². The van der Waals surface area contributed by atoms with Crippen LogP contribution in [-0.2, 0) is 4.74 Å². The van der Waals surface area contributed by atoms with Crippen LogP contribution in [0, 0.1) is 5.92 Å². The summed E-state index contributed by atoms with van der Waals surface area (Å²) >= 11 is 0. The van der Waals surface area contributed by atoms with E-state index in [1.165, 1.54) is 25.8 Å². The van der Waals surface area contributed by atoms with Gasteiger partial charge in [-0.1, -0.05) is 26.7 Å². The number of hydrogen-bond acceptors (Lipinski definition) is 3. The molecule has 2 aliphatic rings. The van der Waals surface area contributed by atoms with Crippen LogP contribution in [0.3, 0.4) is 0 Å². The van der Waals surface area contributed by atoms with Crippen LogP contribution in [0.15, 0.2) is 0 Å². The maximum Gasteiger partial charge on any atom is 0.0961 e. The molecule has 17 heavy (non-hydrogen) atoms. The average Bonchev–Trinajstić information content (AvgIpc) is 2.75. The smallest absolute Gasteiger partial charge is 0.0961 e. The third-order valence-corrected chi connectivity index (χ3v) is 4.13. The molecule has 1 N–H and O–H groups in total. The molecule has 2 heterocycles. The maximum absolute atomic E-state index is 10.2. The minimum Gasteiger partial charge on any atom is -0.390 e. The summed E-state index contributed by atoms with van der Waals surface area (Å²) in [4.78, 5) is 2.50. The third-order valence-electron chi connectivity index (χ3n) is 4.13.